The van der Waals surface area contributed by atoms with Crippen LogP contribution in [0.25, 0.3) is 5.69 Å². The van der Waals surface area contributed by atoms with Gasteiger partial charge in [-0.25, -0.2) is 0 Å². The van der Waals surface area contributed by atoms with E-state index in [0.717, 1.165) is 39.8 Å². The van der Waals surface area contributed by atoms with Crippen LogP contribution in [-0.2, 0) is 9.53 Å². The Balaban J connectivity index is 1.59. The number of ether oxygens (including phenoxy) is 3. The van der Waals surface area contributed by atoms with E-state index in [1.807, 2.05) is 41.3 Å². The zero-order valence-corrected chi connectivity index (χ0v) is 20.1. The molecule has 9 heteroatoms. The lowest BCUT2D eigenvalue weighted by Crippen LogP contribution is -2.35. The Morgan fingerprint density at radius 1 is 1.21 bits per heavy atom. The van der Waals surface area contributed by atoms with Crippen LogP contribution in [0.2, 0.25) is 0 Å². The molecule has 176 valence electrons. The van der Waals surface area contributed by atoms with Gasteiger partial charge in [0, 0.05) is 29.3 Å². The van der Waals surface area contributed by atoms with Gasteiger partial charge in [-0.2, -0.15) is 0 Å². The second-order valence-electron chi connectivity index (χ2n) is 8.26. The first-order chi connectivity index (χ1) is 16.5. The molecule has 4 heterocycles. The number of esters is 1. The molecule has 0 spiro atoms. The summed E-state index contributed by atoms with van der Waals surface area (Å²) in [6.07, 6.45) is 1.76. The van der Waals surface area contributed by atoms with Gasteiger partial charge in [0.05, 0.1) is 24.4 Å². The number of benzene rings is 1. The second kappa shape index (κ2) is 8.98. The molecule has 0 unspecified atom stereocenters. The van der Waals surface area contributed by atoms with Crippen molar-refractivity contribution in [3.63, 3.8) is 0 Å². The number of nitrogens with one attached hydrogen (secondary N) is 1. The van der Waals surface area contributed by atoms with E-state index in [1.165, 1.54) is 0 Å². The molecule has 0 saturated carbocycles. The fourth-order valence-electron chi connectivity index (χ4n) is 4.77. The number of rotatable bonds is 6. The van der Waals surface area contributed by atoms with Crippen molar-refractivity contribution in [1.82, 2.24) is 19.8 Å². The summed E-state index contributed by atoms with van der Waals surface area (Å²) in [5, 5.41) is 3.89. The van der Waals surface area contributed by atoms with Gasteiger partial charge in [-0.3, -0.25) is 9.78 Å². The molecule has 0 bridgehead atoms. The summed E-state index contributed by atoms with van der Waals surface area (Å²) >= 11 is 5.67. The summed E-state index contributed by atoms with van der Waals surface area (Å²) in [5.74, 6) is 1.15. The molecule has 1 N–H and O–H groups in total. The van der Waals surface area contributed by atoms with Crippen LogP contribution in [0.5, 0.6) is 11.5 Å². The smallest absolute Gasteiger partial charge is 0.325 e. The van der Waals surface area contributed by atoms with E-state index >= 15 is 0 Å². The van der Waals surface area contributed by atoms with Crippen molar-refractivity contribution in [1.29, 1.82) is 0 Å². The predicted molar refractivity (Wildman–Crippen MR) is 130 cm³/mol. The third-order valence-corrected chi connectivity index (χ3v) is 6.56. The van der Waals surface area contributed by atoms with Gasteiger partial charge in [-0.1, -0.05) is 6.07 Å². The number of nitrogens with zero attached hydrogens (tertiary/aromatic N) is 3. The molecule has 2 aliphatic rings. The number of fused-ring (bicyclic) bond motifs is 1. The van der Waals surface area contributed by atoms with Crippen LogP contribution in [0.3, 0.4) is 0 Å². The van der Waals surface area contributed by atoms with Crippen molar-refractivity contribution in [2.75, 3.05) is 19.9 Å². The van der Waals surface area contributed by atoms with Crippen molar-refractivity contribution in [2.45, 2.75) is 32.9 Å². The minimum atomic E-state index is -0.317. The number of thiocarbonyl (C=S) groups is 1. The largest absolute Gasteiger partial charge is 0.465 e. The van der Waals surface area contributed by atoms with Gasteiger partial charge < -0.3 is 29.0 Å². The lowest BCUT2D eigenvalue weighted by molar-refractivity contribution is -0.143. The summed E-state index contributed by atoms with van der Waals surface area (Å²) < 4.78 is 18.5. The zero-order chi connectivity index (χ0) is 23.8. The van der Waals surface area contributed by atoms with E-state index in [9.17, 15) is 4.79 Å². The highest BCUT2D eigenvalue weighted by atomic mass is 32.1. The summed E-state index contributed by atoms with van der Waals surface area (Å²) in [5.41, 5.74) is 4.99. The van der Waals surface area contributed by atoms with Gasteiger partial charge in [0.1, 0.15) is 6.54 Å². The molecule has 2 aromatic heterocycles. The fraction of sp³-hybridized carbons (Fsp3) is 0.320. The van der Waals surface area contributed by atoms with E-state index in [-0.39, 0.29) is 31.4 Å². The Bertz CT molecular complexity index is 1240. The van der Waals surface area contributed by atoms with Crippen molar-refractivity contribution in [3.05, 3.63) is 71.3 Å². The predicted octanol–water partition coefficient (Wildman–Crippen LogP) is 3.75. The summed E-state index contributed by atoms with van der Waals surface area (Å²) in [4.78, 5) is 18.9. The Morgan fingerprint density at radius 2 is 2.03 bits per heavy atom. The third kappa shape index (κ3) is 3.86. The van der Waals surface area contributed by atoms with Gasteiger partial charge in [0.2, 0.25) is 6.79 Å². The molecule has 1 fully saturated rings. The minimum absolute atomic E-state index is 0.0569. The fourth-order valence-corrected chi connectivity index (χ4v) is 5.07. The second-order valence-corrected chi connectivity index (χ2v) is 8.65. The highest BCUT2D eigenvalue weighted by Crippen LogP contribution is 2.42. The van der Waals surface area contributed by atoms with Gasteiger partial charge in [-0.15, -0.1) is 0 Å². The van der Waals surface area contributed by atoms with Crippen molar-refractivity contribution in [2.24, 2.45) is 0 Å². The maximum absolute atomic E-state index is 12.5. The van der Waals surface area contributed by atoms with Gasteiger partial charge in [0.25, 0.3) is 0 Å². The number of pyridine rings is 1. The highest BCUT2D eigenvalue weighted by Gasteiger charge is 2.42. The molecule has 0 aliphatic carbocycles. The molecule has 1 saturated heterocycles. The average molecular weight is 479 g/mol. The number of aromatic nitrogens is 2. The lowest BCUT2D eigenvalue weighted by Gasteiger charge is -2.27. The minimum Gasteiger partial charge on any atom is -0.465 e. The maximum atomic E-state index is 12.5. The van der Waals surface area contributed by atoms with Crippen LogP contribution in [0.1, 0.15) is 41.7 Å². The maximum Gasteiger partial charge on any atom is 0.325 e. The topological polar surface area (TPSA) is 77.9 Å². The number of hydrogen-bond acceptors (Lipinski definition) is 6. The van der Waals surface area contributed by atoms with Crippen LogP contribution in [0.15, 0.2) is 48.7 Å². The van der Waals surface area contributed by atoms with Crippen LogP contribution < -0.4 is 14.8 Å². The van der Waals surface area contributed by atoms with E-state index in [4.69, 9.17) is 26.4 Å². The summed E-state index contributed by atoms with van der Waals surface area (Å²) in [7, 11) is 0. The normalized spacial score (nSPS) is 18.8. The molecule has 0 radical (unpaired) electrons. The molecule has 5 rings (SSSR count). The Hall–Kier alpha value is -3.59. The monoisotopic (exact) mass is 478 g/mol. The molecule has 2 atom stereocenters. The van der Waals surface area contributed by atoms with Crippen LogP contribution in [0, 0.1) is 13.8 Å². The Kier molecular flexibility index (Phi) is 5.87. The third-order valence-electron chi connectivity index (χ3n) is 6.21. The first-order valence-corrected chi connectivity index (χ1v) is 11.6. The van der Waals surface area contributed by atoms with Crippen LogP contribution >= 0.6 is 12.2 Å². The van der Waals surface area contributed by atoms with E-state index in [1.54, 1.807) is 13.1 Å². The van der Waals surface area contributed by atoms with E-state index < -0.39 is 0 Å². The molecule has 2 aliphatic heterocycles. The molecule has 34 heavy (non-hydrogen) atoms. The van der Waals surface area contributed by atoms with E-state index in [2.05, 4.69) is 34.8 Å². The zero-order valence-electron chi connectivity index (χ0n) is 19.3. The van der Waals surface area contributed by atoms with E-state index in [0.29, 0.717) is 11.7 Å². The molecule has 0 amide bonds. The quantitative estimate of drug-likeness (QED) is 0.424. The van der Waals surface area contributed by atoms with Gasteiger partial charge in [0.15, 0.2) is 16.6 Å². The molecule has 3 aromatic rings. The van der Waals surface area contributed by atoms with Gasteiger partial charge in [-0.05, 0) is 68.9 Å². The molecular weight excluding hydrogens is 452 g/mol. The standard InChI is InChI=1S/C25H26N4O4S/c1-4-31-22(30)13-28-24(23(27-25(28)34)19-7-5-6-10-26-19)18-11-15(2)29(16(18)3)17-8-9-20-21(12-17)33-14-32-20/h5-12,23-24H,4,13-14H2,1-3H3,(H,27,34)/t23-,24+/m1/s1. The SMILES string of the molecule is CCOC(=O)CN1C(=S)N[C@H](c2ccccn2)[C@@H]1c1cc(C)n(-c2ccc3c(c2)OCO3)c1C. The molecule has 1 aromatic carbocycles. The summed E-state index contributed by atoms with van der Waals surface area (Å²) in [6.45, 7) is 6.54. The molecule has 8 nitrogen and oxygen atoms in total. The van der Waals surface area contributed by atoms with Gasteiger partial charge >= 0.3 is 5.97 Å². The number of hydrogen-bond donors (Lipinski definition) is 1. The molecular formula is C25H26N4O4S. The number of aryl methyl sites for hydroxylation is 1. The Morgan fingerprint density at radius 3 is 2.79 bits per heavy atom. The van der Waals surface area contributed by atoms with Crippen molar-refractivity contribution in [3.8, 4) is 17.2 Å². The van der Waals surface area contributed by atoms with Crippen LogP contribution in [0.4, 0.5) is 0 Å². The average Bonchev–Trinajstić information content (AvgIpc) is 3.50. The van der Waals surface area contributed by atoms with Crippen LogP contribution in [-0.4, -0.2) is 45.5 Å². The summed E-state index contributed by atoms with van der Waals surface area (Å²) in [6, 6.07) is 13.4. The number of carbonyl (C=O) groups is 1. The number of carbonyl (C=O) groups excluding carboxylic acids is 1. The lowest BCUT2D eigenvalue weighted by atomic mass is 9.97. The highest BCUT2D eigenvalue weighted by molar-refractivity contribution is 7.80. The van der Waals surface area contributed by atoms with Crippen molar-refractivity contribution < 1.29 is 19.0 Å². The van der Waals surface area contributed by atoms with Crippen molar-refractivity contribution >= 4 is 23.3 Å². The first kappa shape index (κ1) is 22.2. The Labute approximate surface area is 203 Å². The first-order valence-electron chi connectivity index (χ1n) is 11.2.